The number of hydrogen-bond acceptors (Lipinski definition) is 3. The number of carboxylic acid groups (broad SMARTS) is 1. The molecule has 0 spiro atoms. The van der Waals surface area contributed by atoms with Gasteiger partial charge in [0.25, 0.3) is 0 Å². The van der Waals surface area contributed by atoms with Crippen LogP contribution in [-0.4, -0.2) is 16.1 Å². The van der Waals surface area contributed by atoms with E-state index in [0.29, 0.717) is 5.03 Å². The van der Waals surface area contributed by atoms with E-state index in [1.54, 1.807) is 0 Å². The maximum atomic E-state index is 13.0. The summed E-state index contributed by atoms with van der Waals surface area (Å²) in [5.41, 5.74) is 0.896. The van der Waals surface area contributed by atoms with Crippen molar-refractivity contribution in [1.29, 1.82) is 0 Å². The van der Waals surface area contributed by atoms with E-state index in [9.17, 15) is 9.18 Å². The van der Waals surface area contributed by atoms with Gasteiger partial charge in [-0.05, 0) is 24.6 Å². The Balaban J connectivity index is 2.41. The first-order valence-electron chi connectivity index (χ1n) is 5.20. The van der Waals surface area contributed by atoms with Gasteiger partial charge >= 0.3 is 5.97 Å². The molecule has 0 atom stereocenters. The Bertz CT molecular complexity index is 601. The van der Waals surface area contributed by atoms with Gasteiger partial charge in [-0.1, -0.05) is 30.0 Å². The number of aromatic nitrogens is 1. The highest BCUT2D eigenvalue weighted by molar-refractivity contribution is 7.99. The first-order valence-corrected chi connectivity index (χ1v) is 6.02. The molecule has 92 valence electrons. The molecule has 0 aliphatic heterocycles. The highest BCUT2D eigenvalue weighted by Crippen LogP contribution is 2.31. The average molecular weight is 263 g/mol. The number of rotatable bonds is 3. The zero-order valence-electron chi connectivity index (χ0n) is 9.55. The molecule has 0 bridgehead atoms. The van der Waals surface area contributed by atoms with Gasteiger partial charge in [-0.3, -0.25) is 0 Å². The molecule has 1 N–H and O–H groups in total. The number of benzene rings is 1. The Labute approximate surface area is 108 Å². The second-order valence-electron chi connectivity index (χ2n) is 3.68. The number of hydrogen-bond donors (Lipinski definition) is 1. The fourth-order valence-corrected chi connectivity index (χ4v) is 2.38. The van der Waals surface area contributed by atoms with Crippen LogP contribution >= 0.6 is 11.8 Å². The van der Waals surface area contributed by atoms with Crippen molar-refractivity contribution >= 4 is 17.7 Å². The lowest BCUT2D eigenvalue weighted by Crippen LogP contribution is -2.02. The Morgan fingerprint density at radius 2 is 2.11 bits per heavy atom. The van der Waals surface area contributed by atoms with Gasteiger partial charge in [0.2, 0.25) is 0 Å². The number of aromatic carboxylic acids is 1. The molecular formula is C13H10FNO2S. The summed E-state index contributed by atoms with van der Waals surface area (Å²) in [5, 5.41) is 9.31. The fraction of sp³-hybridized carbons (Fsp3) is 0.0769. The molecule has 1 aromatic carbocycles. The van der Waals surface area contributed by atoms with Gasteiger partial charge in [0.05, 0.1) is 11.8 Å². The molecule has 0 radical (unpaired) electrons. The summed E-state index contributed by atoms with van der Waals surface area (Å²) in [6, 6.07) is 8.54. The van der Waals surface area contributed by atoms with Crippen molar-refractivity contribution in [1.82, 2.24) is 4.98 Å². The molecule has 0 fully saturated rings. The van der Waals surface area contributed by atoms with Crippen molar-refractivity contribution in [3.63, 3.8) is 0 Å². The quantitative estimate of drug-likeness (QED) is 0.922. The van der Waals surface area contributed by atoms with Crippen molar-refractivity contribution in [2.45, 2.75) is 16.8 Å². The number of halogens is 1. The molecule has 0 amide bonds. The summed E-state index contributed by atoms with van der Waals surface area (Å²) in [6.45, 7) is 1.92. The summed E-state index contributed by atoms with van der Waals surface area (Å²) < 4.78 is 13.0. The van der Waals surface area contributed by atoms with E-state index in [2.05, 4.69) is 4.98 Å². The minimum absolute atomic E-state index is 0.122. The second kappa shape index (κ2) is 5.18. The third kappa shape index (κ3) is 2.68. The van der Waals surface area contributed by atoms with Crippen molar-refractivity contribution < 1.29 is 14.3 Å². The van der Waals surface area contributed by atoms with Gasteiger partial charge in [0.15, 0.2) is 0 Å². The molecule has 0 saturated heterocycles. The van der Waals surface area contributed by atoms with E-state index >= 15 is 0 Å². The largest absolute Gasteiger partial charge is 0.478 e. The number of aryl methyl sites for hydroxylation is 1. The highest BCUT2D eigenvalue weighted by atomic mass is 32.2. The molecule has 0 unspecified atom stereocenters. The van der Waals surface area contributed by atoms with Crippen LogP contribution in [0.1, 0.15) is 15.9 Å². The number of pyridine rings is 1. The van der Waals surface area contributed by atoms with E-state index in [4.69, 9.17) is 5.11 Å². The highest BCUT2D eigenvalue weighted by Gasteiger charge is 2.14. The molecule has 2 rings (SSSR count). The predicted molar refractivity (Wildman–Crippen MR) is 66.5 cm³/mol. The Morgan fingerprint density at radius 3 is 2.78 bits per heavy atom. The monoisotopic (exact) mass is 263 g/mol. The van der Waals surface area contributed by atoms with Crippen molar-refractivity contribution in [2.75, 3.05) is 0 Å². The first-order chi connectivity index (χ1) is 8.58. The minimum atomic E-state index is -1.18. The van der Waals surface area contributed by atoms with E-state index in [-0.39, 0.29) is 5.56 Å². The maximum absolute atomic E-state index is 13.0. The second-order valence-corrected chi connectivity index (χ2v) is 4.71. The number of carbonyl (C=O) groups is 1. The van der Waals surface area contributed by atoms with Crippen LogP contribution in [0, 0.1) is 12.7 Å². The van der Waals surface area contributed by atoms with Gasteiger partial charge in [-0.25, -0.2) is 14.2 Å². The summed E-state index contributed by atoms with van der Waals surface area (Å²) >= 11 is 1.22. The van der Waals surface area contributed by atoms with Gasteiger partial charge < -0.3 is 5.11 Å². The number of carboxylic acids is 1. The molecule has 0 aliphatic carbocycles. The molecule has 0 aliphatic rings. The molecule has 18 heavy (non-hydrogen) atoms. The van der Waals surface area contributed by atoms with E-state index in [1.807, 2.05) is 31.2 Å². The van der Waals surface area contributed by atoms with Crippen molar-refractivity contribution in [3.8, 4) is 0 Å². The molecule has 2 aromatic rings. The SMILES string of the molecule is Cc1ccccc1Sc1ncc(F)cc1C(=O)O. The van der Waals surface area contributed by atoms with Gasteiger partial charge in [-0.2, -0.15) is 0 Å². The average Bonchev–Trinajstić information content (AvgIpc) is 2.34. The lowest BCUT2D eigenvalue weighted by molar-refractivity contribution is 0.0691. The lowest BCUT2D eigenvalue weighted by Gasteiger charge is -2.07. The van der Waals surface area contributed by atoms with E-state index in [1.165, 1.54) is 11.8 Å². The summed E-state index contributed by atoms with van der Waals surface area (Å²) in [6.07, 6.45) is 1.02. The molecule has 0 saturated carbocycles. The molecule has 3 nitrogen and oxygen atoms in total. The predicted octanol–water partition coefficient (Wildman–Crippen LogP) is 3.38. The Hall–Kier alpha value is -1.88. The maximum Gasteiger partial charge on any atom is 0.338 e. The molecule has 5 heteroatoms. The van der Waals surface area contributed by atoms with Crippen molar-refractivity contribution in [2.24, 2.45) is 0 Å². The summed E-state index contributed by atoms with van der Waals surface area (Å²) in [4.78, 5) is 15.8. The van der Waals surface area contributed by atoms with E-state index < -0.39 is 11.8 Å². The van der Waals surface area contributed by atoms with Gasteiger partial charge in [-0.15, -0.1) is 0 Å². The number of nitrogens with zero attached hydrogens (tertiary/aromatic N) is 1. The third-order valence-corrected chi connectivity index (χ3v) is 3.55. The van der Waals surface area contributed by atoms with Crippen LogP contribution in [0.5, 0.6) is 0 Å². The van der Waals surface area contributed by atoms with Crippen LogP contribution in [0.2, 0.25) is 0 Å². The topological polar surface area (TPSA) is 50.2 Å². The van der Waals surface area contributed by atoms with Crippen LogP contribution in [-0.2, 0) is 0 Å². The Morgan fingerprint density at radius 1 is 1.39 bits per heavy atom. The summed E-state index contributed by atoms with van der Waals surface area (Å²) in [7, 11) is 0. The Kier molecular flexibility index (Phi) is 3.62. The van der Waals surface area contributed by atoms with Crippen LogP contribution in [0.3, 0.4) is 0 Å². The zero-order valence-corrected chi connectivity index (χ0v) is 10.4. The van der Waals surface area contributed by atoms with Crippen LogP contribution in [0.25, 0.3) is 0 Å². The normalized spacial score (nSPS) is 10.3. The summed E-state index contributed by atoms with van der Waals surface area (Å²) in [5.74, 6) is -1.83. The fourth-order valence-electron chi connectivity index (χ4n) is 1.44. The van der Waals surface area contributed by atoms with Crippen LogP contribution in [0.4, 0.5) is 4.39 Å². The minimum Gasteiger partial charge on any atom is -0.478 e. The van der Waals surface area contributed by atoms with Crippen LogP contribution in [0.15, 0.2) is 46.5 Å². The van der Waals surface area contributed by atoms with Gasteiger partial charge in [0, 0.05) is 4.90 Å². The van der Waals surface area contributed by atoms with Gasteiger partial charge in [0.1, 0.15) is 10.8 Å². The lowest BCUT2D eigenvalue weighted by atomic mass is 10.2. The standard InChI is InChI=1S/C13H10FNO2S/c1-8-4-2-3-5-11(8)18-12-10(13(16)17)6-9(14)7-15-12/h2-7H,1H3,(H,16,17). The van der Waals surface area contributed by atoms with Crippen molar-refractivity contribution in [3.05, 3.63) is 53.5 Å². The molecule has 1 aromatic heterocycles. The van der Waals surface area contributed by atoms with E-state index in [0.717, 1.165) is 22.7 Å². The zero-order chi connectivity index (χ0) is 13.1. The first kappa shape index (κ1) is 12.6. The molecule has 1 heterocycles. The smallest absolute Gasteiger partial charge is 0.338 e. The third-order valence-electron chi connectivity index (χ3n) is 2.35. The molecular weight excluding hydrogens is 253 g/mol. The van der Waals surface area contributed by atoms with Crippen LogP contribution < -0.4 is 0 Å².